The van der Waals surface area contributed by atoms with Crippen LogP contribution in [0.15, 0.2) is 53.4 Å². The lowest BCUT2D eigenvalue weighted by Gasteiger charge is -2.26. The molecule has 0 atom stereocenters. The molecule has 0 bridgehead atoms. The Morgan fingerprint density at radius 3 is 2.44 bits per heavy atom. The Hall–Kier alpha value is -2.05. The number of ether oxygens (including phenoxy) is 1. The average molecular weight is 387 g/mol. The van der Waals surface area contributed by atoms with E-state index in [-0.39, 0.29) is 0 Å². The normalized spacial score (nSPS) is 17.7. The molecule has 0 spiro atoms. The molecule has 1 saturated heterocycles. The molecule has 144 valence electrons. The van der Waals surface area contributed by atoms with Crippen molar-refractivity contribution in [2.45, 2.75) is 30.6 Å². The quantitative estimate of drug-likeness (QED) is 0.764. The molecule has 2 heterocycles. The molecule has 0 saturated carbocycles. The van der Waals surface area contributed by atoms with E-state index in [0.29, 0.717) is 24.5 Å². The summed E-state index contributed by atoms with van der Waals surface area (Å²) in [7, 11) is -3.54. The predicted octanol–water partition coefficient (Wildman–Crippen LogP) is 3.30. The average Bonchev–Trinajstić information content (AvgIpc) is 3.15. The van der Waals surface area contributed by atoms with Crippen molar-refractivity contribution in [3.63, 3.8) is 0 Å². The molecule has 6 heteroatoms. The highest BCUT2D eigenvalue weighted by atomic mass is 32.2. The minimum absolute atomic E-state index is 0.328. The van der Waals surface area contributed by atoms with E-state index < -0.39 is 10.0 Å². The summed E-state index contributed by atoms with van der Waals surface area (Å²) in [6.07, 6.45) is 4.55. The number of nitrogens with zero attached hydrogens (tertiary/aromatic N) is 2. The van der Waals surface area contributed by atoms with Gasteiger partial charge in [0.05, 0.1) is 10.6 Å². The van der Waals surface area contributed by atoms with E-state index in [1.807, 2.05) is 24.3 Å². The van der Waals surface area contributed by atoms with Crippen LogP contribution >= 0.6 is 0 Å². The number of sulfonamides is 1. The maximum atomic E-state index is 13.0. The molecule has 0 unspecified atom stereocenters. The molecule has 4 rings (SSSR count). The first-order valence-electron chi connectivity index (χ1n) is 9.71. The molecule has 5 nitrogen and oxygen atoms in total. The van der Waals surface area contributed by atoms with Crippen LogP contribution in [0, 0.1) is 0 Å². The molecule has 1 fully saturated rings. The number of fused-ring (bicyclic) bond motifs is 1. The van der Waals surface area contributed by atoms with E-state index in [1.54, 1.807) is 24.3 Å². The van der Waals surface area contributed by atoms with Gasteiger partial charge in [-0.25, -0.2) is 8.42 Å². The van der Waals surface area contributed by atoms with Crippen LogP contribution < -0.4 is 9.04 Å². The van der Waals surface area contributed by atoms with Crippen molar-refractivity contribution in [3.05, 3.63) is 54.1 Å². The molecule has 27 heavy (non-hydrogen) atoms. The molecule has 2 aliphatic rings. The molecule has 0 aliphatic carbocycles. The summed E-state index contributed by atoms with van der Waals surface area (Å²) in [4.78, 5) is 2.77. The summed E-state index contributed by atoms with van der Waals surface area (Å²) in [6.45, 7) is 4.33. The van der Waals surface area contributed by atoms with Crippen molar-refractivity contribution in [1.29, 1.82) is 0 Å². The second-order valence-corrected chi connectivity index (χ2v) is 9.01. The van der Waals surface area contributed by atoms with Crippen LogP contribution in [0.5, 0.6) is 5.75 Å². The van der Waals surface area contributed by atoms with Crippen LogP contribution in [-0.2, 0) is 16.4 Å². The first-order chi connectivity index (χ1) is 13.2. The summed E-state index contributed by atoms with van der Waals surface area (Å²) < 4.78 is 33.6. The third-order valence-electron chi connectivity index (χ3n) is 5.39. The second kappa shape index (κ2) is 7.90. The lowest BCUT2D eigenvalue weighted by molar-refractivity contribution is 0.183. The zero-order valence-corrected chi connectivity index (χ0v) is 16.3. The van der Waals surface area contributed by atoms with Crippen LogP contribution in [0.3, 0.4) is 0 Å². The van der Waals surface area contributed by atoms with Crippen LogP contribution in [0.4, 0.5) is 5.69 Å². The largest absolute Gasteiger partial charge is 0.492 e. The first-order valence-corrected chi connectivity index (χ1v) is 11.1. The molecule has 0 amide bonds. The summed E-state index contributed by atoms with van der Waals surface area (Å²) >= 11 is 0. The van der Waals surface area contributed by atoms with Crippen LogP contribution in [-0.4, -0.2) is 46.1 Å². The number of hydrogen-bond donors (Lipinski definition) is 0. The molecule has 2 aliphatic heterocycles. The highest BCUT2D eigenvalue weighted by Gasteiger charge is 2.32. The number of piperidine rings is 1. The van der Waals surface area contributed by atoms with Gasteiger partial charge in [-0.2, -0.15) is 0 Å². The maximum Gasteiger partial charge on any atom is 0.264 e. The van der Waals surface area contributed by atoms with E-state index in [9.17, 15) is 8.42 Å². The Bertz CT molecular complexity index is 878. The lowest BCUT2D eigenvalue weighted by Crippen LogP contribution is -2.33. The van der Waals surface area contributed by atoms with Gasteiger partial charge in [-0.15, -0.1) is 0 Å². The van der Waals surface area contributed by atoms with Gasteiger partial charge in [0.1, 0.15) is 12.4 Å². The molecular formula is C21H26N2O3S. The number of anilines is 1. The van der Waals surface area contributed by atoms with Gasteiger partial charge in [-0.05, 0) is 56.6 Å². The van der Waals surface area contributed by atoms with Crippen molar-refractivity contribution in [2.24, 2.45) is 0 Å². The molecule has 2 aromatic rings. The summed E-state index contributed by atoms with van der Waals surface area (Å²) in [5.41, 5.74) is 1.74. The Morgan fingerprint density at radius 1 is 0.889 bits per heavy atom. The van der Waals surface area contributed by atoms with Gasteiger partial charge in [0.2, 0.25) is 0 Å². The predicted molar refractivity (Wildman–Crippen MR) is 107 cm³/mol. The second-order valence-electron chi connectivity index (χ2n) is 7.14. The minimum atomic E-state index is -3.54. The Labute approximate surface area is 161 Å². The first kappa shape index (κ1) is 18.3. The highest BCUT2D eigenvalue weighted by molar-refractivity contribution is 7.92. The van der Waals surface area contributed by atoms with Gasteiger partial charge in [0, 0.05) is 18.7 Å². The van der Waals surface area contributed by atoms with Gasteiger partial charge < -0.3 is 4.74 Å². The molecular weight excluding hydrogens is 360 g/mol. The number of rotatable bonds is 6. The van der Waals surface area contributed by atoms with Crippen LogP contribution in [0.1, 0.15) is 24.8 Å². The molecule has 0 radical (unpaired) electrons. The number of likely N-dealkylation sites (tertiary alicyclic amines) is 1. The van der Waals surface area contributed by atoms with E-state index in [2.05, 4.69) is 4.90 Å². The van der Waals surface area contributed by atoms with Crippen LogP contribution in [0.2, 0.25) is 0 Å². The number of hydrogen-bond acceptors (Lipinski definition) is 4. The van der Waals surface area contributed by atoms with Crippen molar-refractivity contribution < 1.29 is 13.2 Å². The standard InChI is InChI=1S/C21H26N2O3S/c24-27(25,18-8-3-1-4-9-18)23-15-12-19-20(23)10-7-11-21(19)26-17-16-22-13-5-2-6-14-22/h1,3-4,7-11H,2,5-6,12-17H2. The van der Waals surface area contributed by atoms with Crippen molar-refractivity contribution >= 4 is 15.7 Å². The fraction of sp³-hybridized carbons (Fsp3) is 0.429. The van der Waals surface area contributed by atoms with Gasteiger partial charge >= 0.3 is 0 Å². The maximum absolute atomic E-state index is 13.0. The van der Waals surface area contributed by atoms with E-state index in [4.69, 9.17) is 4.74 Å². The van der Waals surface area contributed by atoms with Gasteiger partial charge in [0.15, 0.2) is 0 Å². The molecule has 2 aromatic carbocycles. The topological polar surface area (TPSA) is 49.9 Å². The van der Waals surface area contributed by atoms with Crippen molar-refractivity contribution in [1.82, 2.24) is 4.90 Å². The zero-order valence-electron chi connectivity index (χ0n) is 15.5. The summed E-state index contributed by atoms with van der Waals surface area (Å²) in [5, 5.41) is 0. The Kier molecular flexibility index (Phi) is 5.36. The minimum Gasteiger partial charge on any atom is -0.492 e. The Morgan fingerprint density at radius 2 is 1.67 bits per heavy atom. The lowest BCUT2D eigenvalue weighted by atomic mass is 10.1. The summed E-state index contributed by atoms with van der Waals surface area (Å²) in [6, 6.07) is 14.3. The van der Waals surface area contributed by atoms with E-state index >= 15 is 0 Å². The Balaban J connectivity index is 1.49. The highest BCUT2D eigenvalue weighted by Crippen LogP contribution is 2.38. The molecule has 0 N–H and O–H groups in total. The van der Waals surface area contributed by atoms with E-state index in [1.165, 1.54) is 23.6 Å². The summed E-state index contributed by atoms with van der Waals surface area (Å²) in [5.74, 6) is 0.815. The SMILES string of the molecule is O=S(=O)(c1ccccc1)N1CCc2c(OCCN3CCCCC3)cccc21. The zero-order chi connectivity index (χ0) is 18.7. The van der Waals surface area contributed by atoms with Crippen molar-refractivity contribution in [2.75, 3.05) is 37.1 Å². The molecule has 0 aromatic heterocycles. The van der Waals surface area contributed by atoms with Crippen molar-refractivity contribution in [3.8, 4) is 5.75 Å². The monoisotopic (exact) mass is 386 g/mol. The van der Waals surface area contributed by atoms with Gasteiger partial charge in [-0.1, -0.05) is 30.7 Å². The smallest absolute Gasteiger partial charge is 0.264 e. The third-order valence-corrected chi connectivity index (χ3v) is 7.21. The fourth-order valence-corrected chi connectivity index (χ4v) is 5.46. The fourth-order valence-electron chi connectivity index (χ4n) is 3.95. The van der Waals surface area contributed by atoms with Crippen LogP contribution in [0.25, 0.3) is 0 Å². The van der Waals surface area contributed by atoms with Gasteiger partial charge in [-0.3, -0.25) is 9.21 Å². The number of benzene rings is 2. The van der Waals surface area contributed by atoms with Gasteiger partial charge in [0.25, 0.3) is 10.0 Å². The third kappa shape index (κ3) is 3.82. The van der Waals surface area contributed by atoms with E-state index in [0.717, 1.165) is 36.6 Å².